The van der Waals surface area contributed by atoms with Gasteiger partial charge in [0.2, 0.25) is 0 Å². The lowest BCUT2D eigenvalue weighted by Gasteiger charge is -2.03. The second-order valence-corrected chi connectivity index (χ2v) is 5.05. The van der Waals surface area contributed by atoms with Gasteiger partial charge in [-0.2, -0.15) is 0 Å². The molecule has 6 heteroatoms. The summed E-state index contributed by atoms with van der Waals surface area (Å²) in [5.41, 5.74) is 6.60. The zero-order valence-electron chi connectivity index (χ0n) is 9.32. The molecule has 0 aliphatic carbocycles. The van der Waals surface area contributed by atoms with Gasteiger partial charge in [0.05, 0.1) is 10.7 Å². The number of carbonyl (C=O) groups is 1. The van der Waals surface area contributed by atoms with E-state index in [1.165, 1.54) is 23.5 Å². The highest BCUT2D eigenvalue weighted by atomic mass is 35.5. The van der Waals surface area contributed by atoms with Crippen LogP contribution in [-0.2, 0) is 17.6 Å². The zero-order chi connectivity index (χ0) is 13.1. The van der Waals surface area contributed by atoms with E-state index in [0.717, 1.165) is 0 Å². The van der Waals surface area contributed by atoms with Gasteiger partial charge in [-0.15, -0.1) is 11.3 Å². The van der Waals surface area contributed by atoms with Gasteiger partial charge in [-0.3, -0.25) is 4.79 Å². The minimum Gasteiger partial charge on any atom is -0.375 e. The summed E-state index contributed by atoms with van der Waals surface area (Å²) in [6.07, 6.45) is 0.272. The van der Waals surface area contributed by atoms with Gasteiger partial charge in [0, 0.05) is 18.2 Å². The van der Waals surface area contributed by atoms with Gasteiger partial charge in [-0.05, 0) is 11.6 Å². The molecule has 0 saturated carbocycles. The van der Waals surface area contributed by atoms with Gasteiger partial charge in [0.25, 0.3) is 0 Å². The molecule has 0 amide bonds. The summed E-state index contributed by atoms with van der Waals surface area (Å²) in [5.74, 6) is -0.590. The van der Waals surface area contributed by atoms with Crippen molar-refractivity contribution in [1.82, 2.24) is 4.98 Å². The number of halogens is 2. The second-order valence-electron chi connectivity index (χ2n) is 3.78. The van der Waals surface area contributed by atoms with E-state index in [0.29, 0.717) is 16.4 Å². The summed E-state index contributed by atoms with van der Waals surface area (Å²) in [4.78, 5) is 15.8. The first-order chi connectivity index (χ1) is 8.56. The number of benzene rings is 1. The number of thiazole rings is 1. The predicted molar refractivity (Wildman–Crippen MR) is 70.4 cm³/mol. The quantitative estimate of drug-likeness (QED) is 0.939. The van der Waals surface area contributed by atoms with E-state index in [1.54, 1.807) is 11.4 Å². The second kappa shape index (κ2) is 5.46. The maximum absolute atomic E-state index is 13.2. The smallest absolute Gasteiger partial charge is 0.180 e. The van der Waals surface area contributed by atoms with E-state index in [1.807, 2.05) is 0 Å². The lowest BCUT2D eigenvalue weighted by molar-refractivity contribution is -0.117. The summed E-state index contributed by atoms with van der Waals surface area (Å²) >= 11 is 7.07. The van der Waals surface area contributed by atoms with Crippen LogP contribution in [-0.4, -0.2) is 10.8 Å². The van der Waals surface area contributed by atoms with E-state index in [9.17, 15) is 9.18 Å². The molecule has 0 aliphatic heterocycles. The van der Waals surface area contributed by atoms with Crippen molar-refractivity contribution < 1.29 is 9.18 Å². The third-order valence-electron chi connectivity index (χ3n) is 2.37. The number of aromatic nitrogens is 1. The molecule has 0 radical (unpaired) electrons. The molecule has 3 nitrogen and oxygen atoms in total. The van der Waals surface area contributed by atoms with Gasteiger partial charge < -0.3 is 5.73 Å². The van der Waals surface area contributed by atoms with Crippen molar-refractivity contribution in [3.05, 3.63) is 45.7 Å². The van der Waals surface area contributed by atoms with Crippen LogP contribution in [0.25, 0.3) is 0 Å². The Bertz CT molecular complexity index is 585. The summed E-state index contributed by atoms with van der Waals surface area (Å²) in [5, 5.41) is 2.17. The Balaban J connectivity index is 2.05. The number of hydrogen-bond donors (Lipinski definition) is 1. The van der Waals surface area contributed by atoms with Crippen molar-refractivity contribution in [2.75, 3.05) is 5.73 Å². The van der Waals surface area contributed by atoms with Crippen LogP contribution in [0.3, 0.4) is 0 Å². The molecular formula is C12H10ClFN2OS. The Hall–Kier alpha value is -1.46. The van der Waals surface area contributed by atoms with Crippen molar-refractivity contribution in [2.45, 2.75) is 12.8 Å². The average molecular weight is 285 g/mol. The SMILES string of the molecule is Nc1nc(CC(=O)Cc2cccc(F)c2Cl)cs1. The topological polar surface area (TPSA) is 56.0 Å². The third-order valence-corrected chi connectivity index (χ3v) is 3.51. The third kappa shape index (κ3) is 3.05. The molecular weight excluding hydrogens is 275 g/mol. The minimum atomic E-state index is -0.514. The molecule has 0 bridgehead atoms. The molecule has 2 aromatic rings. The van der Waals surface area contributed by atoms with Gasteiger partial charge >= 0.3 is 0 Å². The summed E-state index contributed by atoms with van der Waals surface area (Å²) < 4.78 is 13.2. The molecule has 2 N–H and O–H groups in total. The Morgan fingerprint density at radius 2 is 2.22 bits per heavy atom. The summed E-state index contributed by atoms with van der Waals surface area (Å²) in [6, 6.07) is 4.43. The number of Topliss-reactive ketones (excluding diaryl/α,β-unsaturated/α-hetero) is 1. The summed E-state index contributed by atoms with van der Waals surface area (Å²) in [7, 11) is 0. The molecule has 0 saturated heterocycles. The highest BCUT2D eigenvalue weighted by Gasteiger charge is 2.12. The minimum absolute atomic E-state index is 0.00337. The summed E-state index contributed by atoms with van der Waals surface area (Å²) in [6.45, 7) is 0. The molecule has 0 unspecified atom stereocenters. The lowest BCUT2D eigenvalue weighted by atomic mass is 10.1. The molecule has 0 atom stereocenters. The molecule has 0 aliphatic rings. The fourth-order valence-corrected chi connectivity index (χ4v) is 2.32. The number of nitrogens with two attached hydrogens (primary N) is 1. The number of nitrogen functional groups attached to an aromatic ring is 1. The number of ketones is 1. The highest BCUT2D eigenvalue weighted by Crippen LogP contribution is 2.21. The number of carbonyl (C=O) groups excluding carboxylic acids is 1. The Kier molecular flexibility index (Phi) is 3.93. The van der Waals surface area contributed by atoms with Crippen LogP contribution in [0, 0.1) is 5.82 Å². The van der Waals surface area contributed by atoms with Crippen LogP contribution < -0.4 is 5.73 Å². The molecule has 0 spiro atoms. The maximum Gasteiger partial charge on any atom is 0.180 e. The van der Waals surface area contributed by atoms with E-state index < -0.39 is 5.82 Å². The first-order valence-electron chi connectivity index (χ1n) is 5.20. The largest absolute Gasteiger partial charge is 0.375 e. The number of rotatable bonds is 4. The van der Waals surface area contributed by atoms with Gasteiger partial charge in [-0.25, -0.2) is 9.37 Å². The van der Waals surface area contributed by atoms with Crippen molar-refractivity contribution in [3.8, 4) is 0 Å². The average Bonchev–Trinajstić information content (AvgIpc) is 2.70. The maximum atomic E-state index is 13.2. The van der Waals surface area contributed by atoms with E-state index in [-0.39, 0.29) is 23.6 Å². The fourth-order valence-electron chi connectivity index (χ4n) is 1.57. The molecule has 1 aromatic carbocycles. The molecule has 18 heavy (non-hydrogen) atoms. The Morgan fingerprint density at radius 1 is 1.44 bits per heavy atom. The van der Waals surface area contributed by atoms with Crippen LogP contribution in [0.1, 0.15) is 11.3 Å². The van der Waals surface area contributed by atoms with E-state index in [4.69, 9.17) is 17.3 Å². The monoisotopic (exact) mass is 284 g/mol. The first kappa shape index (κ1) is 13.0. The predicted octanol–water partition coefficient (Wildman–Crippen LogP) is 2.87. The van der Waals surface area contributed by atoms with Crippen LogP contribution in [0.5, 0.6) is 0 Å². The highest BCUT2D eigenvalue weighted by molar-refractivity contribution is 7.13. The van der Waals surface area contributed by atoms with Crippen molar-refractivity contribution in [1.29, 1.82) is 0 Å². The van der Waals surface area contributed by atoms with Gasteiger partial charge in [0.15, 0.2) is 5.13 Å². The Morgan fingerprint density at radius 3 is 2.89 bits per heavy atom. The standard InChI is InChI=1S/C12H10ClFN2OS/c13-11-7(2-1-3-10(11)14)4-9(17)5-8-6-18-12(15)16-8/h1-3,6H,4-5H2,(H2,15,16). The Labute approximate surface area is 112 Å². The van der Waals surface area contributed by atoms with Crippen LogP contribution >= 0.6 is 22.9 Å². The van der Waals surface area contributed by atoms with E-state index in [2.05, 4.69) is 4.98 Å². The lowest BCUT2D eigenvalue weighted by Crippen LogP contribution is -2.07. The van der Waals surface area contributed by atoms with E-state index >= 15 is 0 Å². The van der Waals surface area contributed by atoms with Crippen LogP contribution in [0.2, 0.25) is 5.02 Å². The number of hydrogen-bond acceptors (Lipinski definition) is 4. The zero-order valence-corrected chi connectivity index (χ0v) is 10.9. The number of nitrogens with zero attached hydrogens (tertiary/aromatic N) is 1. The fraction of sp³-hybridized carbons (Fsp3) is 0.167. The van der Waals surface area contributed by atoms with Crippen molar-refractivity contribution in [2.24, 2.45) is 0 Å². The molecule has 94 valence electrons. The van der Waals surface area contributed by atoms with Crippen LogP contribution in [0.15, 0.2) is 23.6 Å². The molecule has 1 aromatic heterocycles. The normalized spacial score (nSPS) is 10.6. The molecule has 0 fully saturated rings. The molecule has 2 rings (SSSR count). The first-order valence-corrected chi connectivity index (χ1v) is 6.46. The van der Waals surface area contributed by atoms with Crippen molar-refractivity contribution in [3.63, 3.8) is 0 Å². The van der Waals surface area contributed by atoms with Gasteiger partial charge in [-0.1, -0.05) is 23.7 Å². The van der Waals surface area contributed by atoms with Gasteiger partial charge in [0.1, 0.15) is 11.6 Å². The van der Waals surface area contributed by atoms with Crippen LogP contribution in [0.4, 0.5) is 9.52 Å². The molecule has 1 heterocycles. The number of anilines is 1. The van der Waals surface area contributed by atoms with Crippen molar-refractivity contribution >= 4 is 33.9 Å².